The van der Waals surface area contributed by atoms with Crippen LogP contribution in [0.3, 0.4) is 0 Å². The lowest BCUT2D eigenvalue weighted by Gasteiger charge is -2.06. The molecule has 0 radical (unpaired) electrons. The number of nitrogens with zero attached hydrogens (tertiary/aromatic N) is 2. The normalized spacial score (nSPS) is 11.7. The Labute approximate surface area is 185 Å². The fourth-order valence-corrected chi connectivity index (χ4v) is 4.45. The summed E-state index contributed by atoms with van der Waals surface area (Å²) in [6, 6.07) is 23.5. The van der Waals surface area contributed by atoms with E-state index < -0.39 is 0 Å². The summed E-state index contributed by atoms with van der Waals surface area (Å²) >= 11 is 1.47. The van der Waals surface area contributed by atoms with Crippen LogP contribution in [0.25, 0.3) is 21.3 Å². The number of fused-ring (bicyclic) bond motifs is 1. The van der Waals surface area contributed by atoms with E-state index in [0.717, 1.165) is 27.1 Å². The molecule has 0 N–H and O–H groups in total. The fourth-order valence-electron chi connectivity index (χ4n) is 3.37. The van der Waals surface area contributed by atoms with Gasteiger partial charge in [-0.15, -0.1) is 0 Å². The molecule has 6 heteroatoms. The molecule has 4 aromatic rings. The molecular formula is C25H24N2O3S. The number of aromatic nitrogens is 1. The van der Waals surface area contributed by atoms with Crippen LogP contribution in [0.15, 0.2) is 77.8 Å². The van der Waals surface area contributed by atoms with Gasteiger partial charge in [-0.2, -0.15) is 4.99 Å². The van der Waals surface area contributed by atoms with E-state index in [1.165, 1.54) is 11.3 Å². The van der Waals surface area contributed by atoms with Gasteiger partial charge in [0.05, 0.1) is 23.9 Å². The summed E-state index contributed by atoms with van der Waals surface area (Å²) in [4.78, 5) is 18.0. The zero-order valence-electron chi connectivity index (χ0n) is 17.6. The molecule has 4 rings (SSSR count). The summed E-state index contributed by atoms with van der Waals surface area (Å²) < 4.78 is 13.9. The molecule has 1 heterocycles. The minimum absolute atomic E-state index is 0.261. The van der Waals surface area contributed by atoms with Crippen LogP contribution in [0.2, 0.25) is 0 Å². The van der Waals surface area contributed by atoms with Gasteiger partial charge < -0.3 is 14.0 Å². The average Bonchev–Trinajstić information content (AvgIpc) is 3.16. The van der Waals surface area contributed by atoms with E-state index in [1.54, 1.807) is 7.11 Å². The third kappa shape index (κ3) is 4.76. The number of hydrogen-bond donors (Lipinski definition) is 0. The van der Waals surface area contributed by atoms with Gasteiger partial charge in [0, 0.05) is 18.7 Å². The number of carbonyl (C=O) groups excluding carboxylic acids is 1. The zero-order valence-corrected chi connectivity index (χ0v) is 18.4. The molecule has 0 fully saturated rings. The molecule has 0 aliphatic heterocycles. The van der Waals surface area contributed by atoms with Crippen molar-refractivity contribution in [2.24, 2.45) is 4.99 Å². The summed E-state index contributed by atoms with van der Waals surface area (Å²) in [5.74, 6) is 0.517. The Morgan fingerprint density at radius 1 is 1.00 bits per heavy atom. The van der Waals surface area contributed by atoms with E-state index in [1.807, 2.05) is 84.3 Å². The molecular weight excluding hydrogens is 408 g/mol. The molecule has 5 nitrogen and oxygen atoms in total. The minimum Gasteiger partial charge on any atom is -0.497 e. The van der Waals surface area contributed by atoms with E-state index in [0.29, 0.717) is 30.1 Å². The smallest absolute Gasteiger partial charge is 0.279 e. The van der Waals surface area contributed by atoms with Gasteiger partial charge >= 0.3 is 0 Å². The lowest BCUT2D eigenvalue weighted by molar-refractivity contribution is 0.0996. The van der Waals surface area contributed by atoms with Gasteiger partial charge in [-0.25, -0.2) is 0 Å². The van der Waals surface area contributed by atoms with Gasteiger partial charge in [0.15, 0.2) is 4.80 Å². The second-order valence-corrected chi connectivity index (χ2v) is 7.94. The summed E-state index contributed by atoms with van der Waals surface area (Å²) in [5, 5.41) is 0. The summed E-state index contributed by atoms with van der Waals surface area (Å²) in [6.45, 7) is 3.80. The number of methoxy groups -OCH3 is 1. The number of benzene rings is 3. The van der Waals surface area contributed by atoms with Crippen molar-refractivity contribution in [2.75, 3.05) is 20.3 Å². The monoisotopic (exact) mass is 432 g/mol. The Morgan fingerprint density at radius 2 is 1.74 bits per heavy atom. The van der Waals surface area contributed by atoms with E-state index in [9.17, 15) is 4.79 Å². The first-order valence-corrected chi connectivity index (χ1v) is 11.0. The molecule has 0 bridgehead atoms. The van der Waals surface area contributed by atoms with Gasteiger partial charge in [-0.1, -0.05) is 53.8 Å². The molecule has 0 aliphatic rings. The molecule has 0 spiro atoms. The summed E-state index contributed by atoms with van der Waals surface area (Å²) in [6.07, 6.45) is 0. The highest BCUT2D eigenvalue weighted by molar-refractivity contribution is 7.16. The molecule has 1 amide bonds. The Bertz CT molecular complexity index is 1240. The molecule has 0 saturated heterocycles. The standard InChI is InChI=1S/C25H24N2O3S/c1-3-30-16-15-27-22-14-13-21(29-2)17-23(22)31-25(27)26-24(28)20-11-9-19(10-12-20)18-7-5-4-6-8-18/h4-14,17H,3,15-16H2,1-2H3. The van der Waals surface area contributed by atoms with Crippen LogP contribution in [0.5, 0.6) is 5.75 Å². The lowest BCUT2D eigenvalue weighted by Crippen LogP contribution is -2.19. The Hall–Kier alpha value is -3.22. The third-order valence-electron chi connectivity index (χ3n) is 4.99. The Morgan fingerprint density at radius 3 is 2.45 bits per heavy atom. The largest absolute Gasteiger partial charge is 0.497 e. The summed E-state index contributed by atoms with van der Waals surface area (Å²) in [5.41, 5.74) is 3.76. The van der Waals surface area contributed by atoms with Crippen molar-refractivity contribution in [2.45, 2.75) is 13.5 Å². The van der Waals surface area contributed by atoms with E-state index in [-0.39, 0.29) is 5.91 Å². The molecule has 0 saturated carbocycles. The number of carbonyl (C=O) groups is 1. The van der Waals surface area contributed by atoms with Crippen molar-refractivity contribution < 1.29 is 14.3 Å². The first-order valence-electron chi connectivity index (χ1n) is 10.2. The maximum atomic E-state index is 12.9. The van der Waals surface area contributed by atoms with Crippen LogP contribution in [0.4, 0.5) is 0 Å². The van der Waals surface area contributed by atoms with E-state index in [4.69, 9.17) is 9.47 Å². The molecule has 0 atom stereocenters. The van der Waals surface area contributed by atoms with Crippen LogP contribution < -0.4 is 9.54 Å². The number of rotatable bonds is 7. The summed E-state index contributed by atoms with van der Waals surface area (Å²) in [7, 11) is 1.64. The van der Waals surface area contributed by atoms with Crippen LogP contribution in [0, 0.1) is 0 Å². The molecule has 0 aliphatic carbocycles. The topological polar surface area (TPSA) is 52.8 Å². The highest BCUT2D eigenvalue weighted by Gasteiger charge is 2.11. The SMILES string of the molecule is CCOCCn1c(=NC(=O)c2ccc(-c3ccccc3)cc2)sc2cc(OC)ccc21. The van der Waals surface area contributed by atoms with Crippen LogP contribution in [0.1, 0.15) is 17.3 Å². The number of ether oxygens (including phenoxy) is 2. The van der Waals surface area contributed by atoms with Gasteiger partial charge in [0.2, 0.25) is 0 Å². The van der Waals surface area contributed by atoms with Crippen molar-refractivity contribution in [3.63, 3.8) is 0 Å². The van der Waals surface area contributed by atoms with E-state index in [2.05, 4.69) is 4.99 Å². The van der Waals surface area contributed by atoms with Crippen LogP contribution >= 0.6 is 11.3 Å². The van der Waals surface area contributed by atoms with Crippen molar-refractivity contribution in [1.82, 2.24) is 4.57 Å². The predicted octanol–water partition coefficient (Wildman–Crippen LogP) is 5.16. The van der Waals surface area contributed by atoms with Crippen LogP contribution in [-0.4, -0.2) is 30.8 Å². The maximum absolute atomic E-state index is 12.9. The first kappa shape index (κ1) is 21.0. The zero-order chi connectivity index (χ0) is 21.6. The maximum Gasteiger partial charge on any atom is 0.279 e. The van der Waals surface area contributed by atoms with Gasteiger partial charge in [-0.05, 0) is 48.4 Å². The second kappa shape index (κ2) is 9.73. The number of thiazole rings is 1. The van der Waals surface area contributed by atoms with Crippen molar-refractivity contribution in [3.05, 3.63) is 83.2 Å². The average molecular weight is 433 g/mol. The quantitative estimate of drug-likeness (QED) is 0.379. The van der Waals surface area contributed by atoms with Crippen molar-refractivity contribution in [1.29, 1.82) is 0 Å². The number of hydrogen-bond acceptors (Lipinski definition) is 4. The van der Waals surface area contributed by atoms with Crippen molar-refractivity contribution >= 4 is 27.5 Å². The fraction of sp³-hybridized carbons (Fsp3) is 0.200. The highest BCUT2D eigenvalue weighted by Crippen LogP contribution is 2.23. The predicted molar refractivity (Wildman–Crippen MR) is 125 cm³/mol. The Kier molecular flexibility index (Phi) is 6.60. The molecule has 1 aromatic heterocycles. The number of amides is 1. The Balaban J connectivity index is 1.68. The van der Waals surface area contributed by atoms with Gasteiger partial charge in [0.25, 0.3) is 5.91 Å². The van der Waals surface area contributed by atoms with Gasteiger partial charge in [0.1, 0.15) is 5.75 Å². The highest BCUT2D eigenvalue weighted by atomic mass is 32.1. The van der Waals surface area contributed by atoms with Crippen LogP contribution in [-0.2, 0) is 11.3 Å². The molecule has 3 aromatic carbocycles. The van der Waals surface area contributed by atoms with E-state index >= 15 is 0 Å². The van der Waals surface area contributed by atoms with Gasteiger partial charge in [-0.3, -0.25) is 4.79 Å². The molecule has 0 unspecified atom stereocenters. The molecule has 158 valence electrons. The molecule has 31 heavy (non-hydrogen) atoms. The minimum atomic E-state index is -0.261. The van der Waals surface area contributed by atoms with Crippen molar-refractivity contribution in [3.8, 4) is 16.9 Å². The first-order chi connectivity index (χ1) is 15.2. The lowest BCUT2D eigenvalue weighted by atomic mass is 10.0. The third-order valence-corrected chi connectivity index (χ3v) is 6.03. The second-order valence-electron chi connectivity index (χ2n) is 6.93.